The zero-order valence-electron chi connectivity index (χ0n) is 24.6. The summed E-state index contributed by atoms with van der Waals surface area (Å²) in [6, 6.07) is 3.07. The van der Waals surface area contributed by atoms with Crippen LogP contribution >= 0.6 is 0 Å². The first-order valence-corrected chi connectivity index (χ1v) is 13.8. The van der Waals surface area contributed by atoms with E-state index >= 15 is 0 Å². The third kappa shape index (κ3) is 11.9. The molecule has 0 amide bonds. The van der Waals surface area contributed by atoms with Crippen LogP contribution in [0.2, 0.25) is 0 Å². The molecule has 2 saturated carbocycles. The quantitative estimate of drug-likeness (QED) is 0.349. The first-order valence-electron chi connectivity index (χ1n) is 13.8. The fourth-order valence-electron chi connectivity index (χ4n) is 7.19. The van der Waals surface area contributed by atoms with Gasteiger partial charge in [0.05, 0.1) is 0 Å². The van der Waals surface area contributed by atoms with Crippen molar-refractivity contribution in [3.8, 4) is 0 Å². The lowest BCUT2D eigenvalue weighted by atomic mass is 9.62. The van der Waals surface area contributed by atoms with Gasteiger partial charge in [-0.05, 0) is 66.7 Å². The molecule has 2 aliphatic carbocycles. The van der Waals surface area contributed by atoms with Crippen molar-refractivity contribution in [3.63, 3.8) is 0 Å². The molecule has 0 aromatic rings. The number of hydrogen-bond donors (Lipinski definition) is 4. The molecule has 4 heteroatoms. The summed E-state index contributed by atoms with van der Waals surface area (Å²) in [4.78, 5) is 0. The van der Waals surface area contributed by atoms with Crippen LogP contribution in [0.15, 0.2) is 0 Å². The molecular weight excluding hydrogens is 404 g/mol. The van der Waals surface area contributed by atoms with E-state index in [1.807, 2.05) is 0 Å². The standard InChI is InChI=1S/C16H34N2.C13H28N2/c1-12(2)17-11-16(7)9-14(18-13(3)4)8-15(5,6)10-16;1-10(2)15-11-6-12(3,4)8-13(5,7-11)9-14/h12-14,17-18H,8-11H2,1-7H3;10-11,15H,6-9,14H2,1-5H3. The van der Waals surface area contributed by atoms with Crippen LogP contribution in [0, 0.1) is 21.7 Å². The van der Waals surface area contributed by atoms with E-state index in [0.29, 0.717) is 51.9 Å². The van der Waals surface area contributed by atoms with Crippen molar-refractivity contribution in [2.75, 3.05) is 13.1 Å². The summed E-state index contributed by atoms with van der Waals surface area (Å²) in [6.45, 7) is 29.8. The second-order valence-electron chi connectivity index (χ2n) is 14.9. The molecule has 5 N–H and O–H groups in total. The first-order chi connectivity index (χ1) is 14.9. The summed E-state index contributed by atoms with van der Waals surface area (Å²) in [7, 11) is 0. The van der Waals surface area contributed by atoms with Gasteiger partial charge in [0.15, 0.2) is 0 Å². The summed E-state index contributed by atoms with van der Waals surface area (Å²) in [5.74, 6) is 0. The molecule has 0 heterocycles. The van der Waals surface area contributed by atoms with E-state index in [9.17, 15) is 0 Å². The van der Waals surface area contributed by atoms with Crippen molar-refractivity contribution < 1.29 is 0 Å². The van der Waals surface area contributed by atoms with Gasteiger partial charge in [0.25, 0.3) is 0 Å². The maximum absolute atomic E-state index is 5.92. The molecule has 0 aromatic heterocycles. The van der Waals surface area contributed by atoms with Crippen molar-refractivity contribution >= 4 is 0 Å². The van der Waals surface area contributed by atoms with E-state index in [1.165, 1.54) is 38.5 Å². The van der Waals surface area contributed by atoms with Crippen molar-refractivity contribution in [2.45, 2.75) is 152 Å². The van der Waals surface area contributed by atoms with Crippen molar-refractivity contribution in [1.82, 2.24) is 16.0 Å². The minimum Gasteiger partial charge on any atom is -0.330 e. The van der Waals surface area contributed by atoms with Gasteiger partial charge in [-0.3, -0.25) is 0 Å². The highest BCUT2D eigenvalue weighted by molar-refractivity contribution is 4.96. The molecule has 0 aromatic carbocycles. The van der Waals surface area contributed by atoms with Gasteiger partial charge in [-0.2, -0.15) is 0 Å². The molecule has 2 fully saturated rings. The van der Waals surface area contributed by atoms with Gasteiger partial charge < -0.3 is 21.7 Å². The number of nitrogens with one attached hydrogen (secondary N) is 3. The highest BCUT2D eigenvalue weighted by Gasteiger charge is 2.41. The number of hydrogen-bond acceptors (Lipinski definition) is 4. The predicted octanol–water partition coefficient (Wildman–Crippen LogP) is 6.10. The largest absolute Gasteiger partial charge is 0.330 e. The Morgan fingerprint density at radius 2 is 1.03 bits per heavy atom. The highest BCUT2D eigenvalue weighted by atomic mass is 15.0. The van der Waals surface area contributed by atoms with Crippen LogP contribution in [0.1, 0.15) is 122 Å². The van der Waals surface area contributed by atoms with Gasteiger partial charge in [0.2, 0.25) is 0 Å². The fourth-order valence-corrected chi connectivity index (χ4v) is 7.19. The summed E-state index contributed by atoms with van der Waals surface area (Å²) in [5, 5.41) is 11.1. The van der Waals surface area contributed by atoms with Crippen LogP contribution in [0.3, 0.4) is 0 Å². The van der Waals surface area contributed by atoms with Crippen molar-refractivity contribution in [1.29, 1.82) is 0 Å². The lowest BCUT2D eigenvalue weighted by molar-refractivity contribution is 0.0660. The summed E-state index contributed by atoms with van der Waals surface area (Å²) < 4.78 is 0. The van der Waals surface area contributed by atoms with E-state index in [4.69, 9.17) is 5.73 Å². The third-order valence-electron chi connectivity index (χ3n) is 7.45. The molecule has 4 atom stereocenters. The van der Waals surface area contributed by atoms with Crippen LogP contribution in [-0.2, 0) is 0 Å². The van der Waals surface area contributed by atoms with Gasteiger partial charge >= 0.3 is 0 Å². The van der Waals surface area contributed by atoms with Crippen molar-refractivity contribution in [3.05, 3.63) is 0 Å². The van der Waals surface area contributed by atoms with Gasteiger partial charge in [0, 0.05) is 36.8 Å². The monoisotopic (exact) mass is 466 g/mol. The van der Waals surface area contributed by atoms with E-state index < -0.39 is 0 Å². The Morgan fingerprint density at radius 3 is 1.39 bits per heavy atom. The second-order valence-corrected chi connectivity index (χ2v) is 14.9. The van der Waals surface area contributed by atoms with E-state index in [-0.39, 0.29) is 0 Å². The highest BCUT2D eigenvalue weighted by Crippen LogP contribution is 2.46. The normalized spacial score (nSPS) is 33.8. The maximum atomic E-state index is 5.92. The number of nitrogens with two attached hydrogens (primary N) is 1. The van der Waals surface area contributed by atoms with Crippen LogP contribution in [0.25, 0.3) is 0 Å². The lowest BCUT2D eigenvalue weighted by Gasteiger charge is -2.48. The Balaban J connectivity index is 0.000000335. The Hall–Kier alpha value is -0.160. The zero-order valence-corrected chi connectivity index (χ0v) is 24.6. The van der Waals surface area contributed by atoms with Crippen LogP contribution in [0.5, 0.6) is 0 Å². The van der Waals surface area contributed by atoms with Gasteiger partial charge in [-0.25, -0.2) is 0 Å². The fraction of sp³-hybridized carbons (Fsp3) is 1.00. The molecule has 0 radical (unpaired) electrons. The van der Waals surface area contributed by atoms with Crippen LogP contribution in [-0.4, -0.2) is 43.3 Å². The maximum Gasteiger partial charge on any atom is 0.00801 e. The average Bonchev–Trinajstić information content (AvgIpc) is 2.56. The number of rotatable bonds is 8. The van der Waals surface area contributed by atoms with Gasteiger partial charge in [-0.1, -0.05) is 83.1 Å². The summed E-state index contributed by atoms with van der Waals surface area (Å²) in [6.07, 6.45) is 7.70. The molecule has 0 spiro atoms. The smallest absolute Gasteiger partial charge is 0.00801 e. The van der Waals surface area contributed by atoms with Crippen LogP contribution in [0.4, 0.5) is 0 Å². The Kier molecular flexibility index (Phi) is 11.4. The molecule has 2 rings (SSSR count). The van der Waals surface area contributed by atoms with E-state index in [1.54, 1.807) is 0 Å². The molecule has 33 heavy (non-hydrogen) atoms. The van der Waals surface area contributed by atoms with Crippen LogP contribution < -0.4 is 21.7 Å². The Labute approximate surface area is 208 Å². The molecule has 4 unspecified atom stereocenters. The first kappa shape index (κ1) is 30.9. The SMILES string of the molecule is CC(C)NC1CC(C)(C)CC(C)(CN)C1.CC(C)NCC1(C)CC(NC(C)C)CC(C)(C)C1. The molecule has 2 aliphatic rings. The van der Waals surface area contributed by atoms with Gasteiger partial charge in [0.1, 0.15) is 0 Å². The second kappa shape index (κ2) is 12.2. The molecule has 0 bridgehead atoms. The third-order valence-corrected chi connectivity index (χ3v) is 7.45. The molecule has 4 nitrogen and oxygen atoms in total. The topological polar surface area (TPSA) is 62.1 Å². The summed E-state index contributed by atoms with van der Waals surface area (Å²) in [5.41, 5.74) is 7.57. The average molecular weight is 467 g/mol. The molecule has 0 saturated heterocycles. The summed E-state index contributed by atoms with van der Waals surface area (Å²) >= 11 is 0. The van der Waals surface area contributed by atoms with Crippen molar-refractivity contribution in [2.24, 2.45) is 27.4 Å². The van der Waals surface area contributed by atoms with E-state index in [0.717, 1.165) is 13.1 Å². The lowest BCUT2D eigenvalue weighted by Crippen LogP contribution is -2.50. The molecular formula is C29H62N4. The molecule has 198 valence electrons. The predicted molar refractivity (Wildman–Crippen MR) is 148 cm³/mol. The van der Waals surface area contributed by atoms with E-state index in [2.05, 4.69) is 99.0 Å². The molecule has 0 aliphatic heterocycles. The Morgan fingerprint density at radius 1 is 0.636 bits per heavy atom. The van der Waals surface area contributed by atoms with Gasteiger partial charge in [-0.15, -0.1) is 0 Å². The zero-order chi connectivity index (χ0) is 25.7. The minimum atomic E-state index is 0.328. The minimum absolute atomic E-state index is 0.328. The Bertz CT molecular complexity index is 568.